The fourth-order valence-electron chi connectivity index (χ4n) is 4.49. The van der Waals surface area contributed by atoms with E-state index in [1.54, 1.807) is 0 Å². The number of nitrogens with two attached hydrogens (primary N) is 1. The summed E-state index contributed by atoms with van der Waals surface area (Å²) in [4.78, 5) is 7.18. The van der Waals surface area contributed by atoms with E-state index in [4.69, 9.17) is 5.73 Å². The van der Waals surface area contributed by atoms with E-state index in [0.717, 1.165) is 42.7 Å². The van der Waals surface area contributed by atoms with Gasteiger partial charge in [-0.05, 0) is 49.4 Å². The Morgan fingerprint density at radius 3 is 2.68 bits per heavy atom. The van der Waals surface area contributed by atoms with Gasteiger partial charge in [0.25, 0.3) is 0 Å². The lowest BCUT2D eigenvalue weighted by molar-refractivity contribution is 0.0215. The van der Waals surface area contributed by atoms with Crippen molar-refractivity contribution < 1.29 is 0 Å². The lowest BCUT2D eigenvalue weighted by Crippen LogP contribution is -2.60. The van der Waals surface area contributed by atoms with Crippen LogP contribution in [0.15, 0.2) is 4.99 Å². The van der Waals surface area contributed by atoms with Crippen LogP contribution in [-0.4, -0.2) is 29.5 Å². The summed E-state index contributed by atoms with van der Waals surface area (Å²) in [7, 11) is 0. The molecule has 1 aliphatic heterocycles. The Bertz CT molecular complexity index is 372. The van der Waals surface area contributed by atoms with Crippen LogP contribution in [0.1, 0.15) is 52.9 Å². The molecule has 0 saturated heterocycles. The first-order valence-electron chi connectivity index (χ1n) is 8.10. The van der Waals surface area contributed by atoms with Gasteiger partial charge in [-0.25, -0.2) is 0 Å². The van der Waals surface area contributed by atoms with Crippen LogP contribution in [0.25, 0.3) is 0 Å². The van der Waals surface area contributed by atoms with E-state index in [0.29, 0.717) is 0 Å². The second-order valence-corrected chi connectivity index (χ2v) is 7.57. The fraction of sp³-hybridized carbons (Fsp3) is 0.938. The molecule has 2 N–H and O–H groups in total. The summed E-state index contributed by atoms with van der Waals surface area (Å²) < 4.78 is 0. The zero-order valence-corrected chi connectivity index (χ0v) is 12.7. The summed E-state index contributed by atoms with van der Waals surface area (Å²) in [6.07, 6.45) is 6.79. The van der Waals surface area contributed by atoms with Crippen LogP contribution in [0.2, 0.25) is 0 Å². The van der Waals surface area contributed by atoms with Gasteiger partial charge in [0.2, 0.25) is 0 Å². The molecular weight excluding hydrogens is 234 g/mol. The van der Waals surface area contributed by atoms with Crippen LogP contribution in [-0.2, 0) is 0 Å². The highest BCUT2D eigenvalue weighted by Crippen LogP contribution is 2.48. The second-order valence-electron chi connectivity index (χ2n) is 7.57. The molecule has 2 fully saturated rings. The predicted molar refractivity (Wildman–Crippen MR) is 80.0 cm³/mol. The molecule has 0 aromatic carbocycles. The fourth-order valence-corrected chi connectivity index (χ4v) is 4.49. The third kappa shape index (κ3) is 2.25. The monoisotopic (exact) mass is 263 g/mol. The molecular formula is C16H29N3. The Balaban J connectivity index is 1.87. The van der Waals surface area contributed by atoms with Crippen molar-refractivity contribution in [3.8, 4) is 0 Å². The van der Waals surface area contributed by atoms with Crippen molar-refractivity contribution in [1.82, 2.24) is 4.90 Å². The Kier molecular flexibility index (Phi) is 3.26. The zero-order chi connectivity index (χ0) is 13.6. The van der Waals surface area contributed by atoms with E-state index in [1.165, 1.54) is 32.1 Å². The summed E-state index contributed by atoms with van der Waals surface area (Å²) >= 11 is 0. The normalized spacial score (nSPS) is 39.2. The third-order valence-electron chi connectivity index (χ3n) is 5.63. The van der Waals surface area contributed by atoms with Gasteiger partial charge < -0.3 is 10.6 Å². The standard InChI is InChI=1S/C16H29N3/c1-11(2)14-7-4-12(3)8-16(14)10-18-15(17)19(16)9-13-5-6-13/h11-14H,4-10H2,1-3H3,(H2,17,18). The predicted octanol–water partition coefficient (Wildman–Crippen LogP) is 2.86. The first-order chi connectivity index (χ1) is 9.03. The highest BCUT2D eigenvalue weighted by Gasteiger charge is 2.52. The molecule has 19 heavy (non-hydrogen) atoms. The number of guanidine groups is 1. The Morgan fingerprint density at radius 1 is 1.32 bits per heavy atom. The molecule has 2 saturated carbocycles. The van der Waals surface area contributed by atoms with Crippen molar-refractivity contribution in [3.05, 3.63) is 0 Å². The average molecular weight is 263 g/mol. The maximum atomic E-state index is 6.24. The number of hydrogen-bond donors (Lipinski definition) is 1. The van der Waals surface area contributed by atoms with E-state index in [1.807, 2.05) is 0 Å². The minimum Gasteiger partial charge on any atom is -0.370 e. The molecule has 0 aromatic heterocycles. The lowest BCUT2D eigenvalue weighted by atomic mass is 9.64. The van der Waals surface area contributed by atoms with Gasteiger partial charge in [-0.3, -0.25) is 4.99 Å². The molecule has 3 nitrogen and oxygen atoms in total. The minimum atomic E-state index is 0.249. The molecule has 0 bridgehead atoms. The van der Waals surface area contributed by atoms with Crippen LogP contribution in [0.4, 0.5) is 0 Å². The number of rotatable bonds is 3. The van der Waals surface area contributed by atoms with Gasteiger partial charge in [0.1, 0.15) is 0 Å². The molecule has 3 rings (SSSR count). The topological polar surface area (TPSA) is 41.6 Å². The van der Waals surface area contributed by atoms with Crippen LogP contribution in [0.3, 0.4) is 0 Å². The van der Waals surface area contributed by atoms with Gasteiger partial charge in [0.15, 0.2) is 5.96 Å². The molecule has 3 aliphatic rings. The minimum absolute atomic E-state index is 0.249. The van der Waals surface area contributed by atoms with Crippen molar-refractivity contribution in [2.45, 2.75) is 58.4 Å². The lowest BCUT2D eigenvalue weighted by Gasteiger charge is -2.51. The first kappa shape index (κ1) is 13.3. The van der Waals surface area contributed by atoms with Gasteiger partial charge in [-0.1, -0.05) is 27.2 Å². The summed E-state index contributed by atoms with van der Waals surface area (Å²) in [6.45, 7) is 9.27. The Labute approximate surface area is 117 Å². The molecule has 0 radical (unpaired) electrons. The first-order valence-corrected chi connectivity index (χ1v) is 8.10. The van der Waals surface area contributed by atoms with E-state index < -0.39 is 0 Å². The number of aliphatic imine (C=N–C) groups is 1. The largest absolute Gasteiger partial charge is 0.370 e. The van der Waals surface area contributed by atoms with Crippen molar-refractivity contribution in [2.75, 3.05) is 13.1 Å². The molecule has 0 aromatic rings. The molecule has 108 valence electrons. The SMILES string of the molecule is CC1CCC(C(C)C)C2(CN=C(N)N2CC2CC2)C1. The summed E-state index contributed by atoms with van der Waals surface area (Å²) in [5.74, 6) is 4.01. The molecule has 1 spiro atoms. The van der Waals surface area contributed by atoms with Crippen LogP contribution in [0, 0.1) is 23.7 Å². The van der Waals surface area contributed by atoms with Crippen molar-refractivity contribution in [1.29, 1.82) is 0 Å². The van der Waals surface area contributed by atoms with Gasteiger partial charge in [-0.2, -0.15) is 0 Å². The van der Waals surface area contributed by atoms with E-state index in [2.05, 4.69) is 30.7 Å². The molecule has 3 unspecified atom stereocenters. The van der Waals surface area contributed by atoms with Crippen molar-refractivity contribution in [2.24, 2.45) is 34.4 Å². The Morgan fingerprint density at radius 2 is 2.05 bits per heavy atom. The van der Waals surface area contributed by atoms with Gasteiger partial charge in [0.05, 0.1) is 12.1 Å². The number of hydrogen-bond acceptors (Lipinski definition) is 3. The second kappa shape index (κ2) is 4.68. The van der Waals surface area contributed by atoms with E-state index in [9.17, 15) is 0 Å². The maximum absolute atomic E-state index is 6.24. The third-order valence-corrected chi connectivity index (χ3v) is 5.63. The zero-order valence-electron chi connectivity index (χ0n) is 12.7. The van der Waals surface area contributed by atoms with Gasteiger partial charge >= 0.3 is 0 Å². The maximum Gasteiger partial charge on any atom is 0.191 e. The highest BCUT2D eigenvalue weighted by molar-refractivity contribution is 5.81. The van der Waals surface area contributed by atoms with Crippen molar-refractivity contribution in [3.63, 3.8) is 0 Å². The van der Waals surface area contributed by atoms with E-state index >= 15 is 0 Å². The van der Waals surface area contributed by atoms with Crippen LogP contribution in [0.5, 0.6) is 0 Å². The number of nitrogens with zero attached hydrogens (tertiary/aromatic N) is 2. The molecule has 0 amide bonds. The van der Waals surface area contributed by atoms with Crippen LogP contribution >= 0.6 is 0 Å². The van der Waals surface area contributed by atoms with Crippen LogP contribution < -0.4 is 5.73 Å². The quantitative estimate of drug-likeness (QED) is 0.850. The van der Waals surface area contributed by atoms with Gasteiger partial charge in [0, 0.05) is 6.54 Å². The van der Waals surface area contributed by atoms with Gasteiger partial charge in [-0.15, -0.1) is 0 Å². The Hall–Kier alpha value is -0.730. The average Bonchev–Trinajstić information content (AvgIpc) is 3.11. The summed E-state index contributed by atoms with van der Waals surface area (Å²) in [6, 6.07) is 0. The molecule has 3 heteroatoms. The molecule has 2 aliphatic carbocycles. The summed E-state index contributed by atoms with van der Waals surface area (Å²) in [5.41, 5.74) is 6.49. The van der Waals surface area contributed by atoms with E-state index in [-0.39, 0.29) is 5.54 Å². The molecule has 1 heterocycles. The highest BCUT2D eigenvalue weighted by atomic mass is 15.4. The summed E-state index contributed by atoms with van der Waals surface area (Å²) in [5, 5.41) is 0. The smallest absolute Gasteiger partial charge is 0.191 e. The van der Waals surface area contributed by atoms with Crippen molar-refractivity contribution >= 4 is 5.96 Å². The molecule has 3 atom stereocenters.